The van der Waals surface area contributed by atoms with E-state index in [2.05, 4.69) is 159 Å². The van der Waals surface area contributed by atoms with E-state index < -0.39 is 0 Å². The van der Waals surface area contributed by atoms with Gasteiger partial charge in [0.1, 0.15) is 5.65 Å². The molecule has 0 spiro atoms. The third-order valence-corrected chi connectivity index (χ3v) is 13.1. The number of hydrogen-bond acceptors (Lipinski definition) is 3. The van der Waals surface area contributed by atoms with Gasteiger partial charge in [0.05, 0.1) is 39.2 Å². The molecule has 0 amide bonds. The quantitative estimate of drug-likeness (QED) is 0.169. The molecule has 0 saturated carbocycles. The molecule has 10 aromatic rings. The first-order chi connectivity index (χ1) is 29.3. The summed E-state index contributed by atoms with van der Waals surface area (Å²) in [5.41, 5.74) is 22.8. The molecule has 0 radical (unpaired) electrons. The van der Waals surface area contributed by atoms with Gasteiger partial charge in [0, 0.05) is 69.1 Å². The number of fused-ring (bicyclic) bond motifs is 14. The number of allylic oxidation sites excluding steroid dienone is 4. The SMILES string of the molecule is C=C1C=CC=C2B3c4c(cc(-c5ccccn5)cc4-n4c5c3ccnc5c3c5ccccc5n(-c5ccccc5)c34)-n3c2c1c1c3C(c2ccccc2)c2cccnc2-1. The second kappa shape index (κ2) is 11.2. The van der Waals surface area contributed by atoms with E-state index in [-0.39, 0.29) is 12.6 Å². The molecule has 1 unspecified atom stereocenters. The summed E-state index contributed by atoms with van der Waals surface area (Å²) in [7, 11) is 0. The maximum Gasteiger partial charge on any atom is 0.252 e. The number of benzene rings is 4. The number of rotatable bonds is 3. The number of aromatic nitrogens is 6. The lowest BCUT2D eigenvalue weighted by atomic mass is 9.33. The standard InChI is InChI=1S/C52H31BN6/c1-30-14-12-21-36-49-42(30)45-47-35(20-13-26-55-47)43(31-15-4-2-5-16-31)51(45)58(49)40-28-32(38-22-10-11-25-54-38)29-41-46(40)53(36)37-24-27-56-48-44-34-19-8-9-23-39(34)57(33-17-6-3-7-18-33)52(44)59(41)50(37)48/h2-29,43H,1H2. The van der Waals surface area contributed by atoms with Crippen molar-refractivity contribution in [2.24, 2.45) is 0 Å². The number of hydrogen-bond donors (Lipinski definition) is 0. The number of pyridine rings is 3. The molecule has 2 aliphatic heterocycles. The molecule has 1 atom stereocenters. The van der Waals surface area contributed by atoms with Crippen LogP contribution in [-0.2, 0) is 0 Å². The molecule has 0 fully saturated rings. The molecule has 2 aliphatic carbocycles. The smallest absolute Gasteiger partial charge is 0.252 e. The zero-order valence-electron chi connectivity index (χ0n) is 31.7. The topological polar surface area (TPSA) is 53.5 Å². The van der Waals surface area contributed by atoms with Gasteiger partial charge in [-0.25, -0.2) is 0 Å². The van der Waals surface area contributed by atoms with Crippen LogP contribution < -0.4 is 10.9 Å². The third kappa shape index (κ3) is 3.85. The van der Waals surface area contributed by atoms with Crippen LogP contribution in [0.1, 0.15) is 34.0 Å². The molecule has 0 saturated heterocycles. The van der Waals surface area contributed by atoms with Crippen molar-refractivity contribution >= 4 is 61.7 Å². The van der Waals surface area contributed by atoms with E-state index in [1.807, 2.05) is 24.7 Å². The first kappa shape index (κ1) is 31.3. The van der Waals surface area contributed by atoms with Gasteiger partial charge < -0.3 is 4.57 Å². The molecule has 14 rings (SSSR count). The normalized spacial score (nSPS) is 15.3. The minimum Gasteiger partial charge on any atom is -0.313 e. The van der Waals surface area contributed by atoms with Crippen LogP contribution in [0, 0.1) is 0 Å². The number of nitrogens with zero attached hydrogens (tertiary/aromatic N) is 6. The van der Waals surface area contributed by atoms with Crippen molar-refractivity contribution in [3.63, 3.8) is 0 Å². The monoisotopic (exact) mass is 750 g/mol. The highest BCUT2D eigenvalue weighted by atomic mass is 15.2. The predicted molar refractivity (Wildman–Crippen MR) is 240 cm³/mol. The van der Waals surface area contributed by atoms with Crippen LogP contribution in [0.3, 0.4) is 0 Å². The van der Waals surface area contributed by atoms with Gasteiger partial charge in [-0.05, 0) is 87.7 Å². The van der Waals surface area contributed by atoms with Crippen LogP contribution in [0.5, 0.6) is 0 Å². The van der Waals surface area contributed by atoms with Gasteiger partial charge in [0.15, 0.2) is 0 Å². The highest BCUT2D eigenvalue weighted by Gasteiger charge is 2.48. The predicted octanol–water partition coefficient (Wildman–Crippen LogP) is 9.97. The Hall–Kier alpha value is -7.77. The van der Waals surface area contributed by atoms with Gasteiger partial charge >= 0.3 is 0 Å². The zero-order valence-corrected chi connectivity index (χ0v) is 31.7. The fourth-order valence-corrected chi connectivity index (χ4v) is 11.0. The Labute approximate surface area is 339 Å². The molecule has 272 valence electrons. The van der Waals surface area contributed by atoms with Crippen molar-refractivity contribution in [2.75, 3.05) is 0 Å². The highest BCUT2D eigenvalue weighted by molar-refractivity contribution is 7.03. The van der Waals surface area contributed by atoms with Crippen LogP contribution >= 0.6 is 0 Å². The Kier molecular flexibility index (Phi) is 5.95. The Morgan fingerprint density at radius 2 is 1.44 bits per heavy atom. The lowest BCUT2D eigenvalue weighted by molar-refractivity contribution is 0.877. The van der Waals surface area contributed by atoms with Crippen molar-refractivity contribution in [3.05, 3.63) is 205 Å². The molecule has 0 bridgehead atoms. The minimum absolute atomic E-state index is 0.0313. The summed E-state index contributed by atoms with van der Waals surface area (Å²) in [6, 6.07) is 48.0. The maximum absolute atomic E-state index is 5.25. The zero-order chi connectivity index (χ0) is 38.5. The summed E-state index contributed by atoms with van der Waals surface area (Å²) in [6.07, 6.45) is 12.6. The molecule has 4 aliphatic rings. The molecular formula is C52H31BN6. The van der Waals surface area contributed by atoms with Crippen LogP contribution in [0.15, 0.2) is 177 Å². The van der Waals surface area contributed by atoms with E-state index in [1.54, 1.807) is 0 Å². The Morgan fingerprint density at radius 1 is 0.661 bits per heavy atom. The molecule has 6 aromatic heterocycles. The lowest BCUT2D eigenvalue weighted by Gasteiger charge is -2.36. The maximum atomic E-state index is 5.25. The third-order valence-electron chi connectivity index (χ3n) is 13.1. The van der Waals surface area contributed by atoms with Gasteiger partial charge in [0.2, 0.25) is 0 Å². The van der Waals surface area contributed by atoms with Crippen LogP contribution in [0.4, 0.5) is 0 Å². The molecule has 4 aromatic carbocycles. The van der Waals surface area contributed by atoms with Gasteiger partial charge in [-0.2, -0.15) is 0 Å². The molecule has 59 heavy (non-hydrogen) atoms. The molecule has 6 nitrogen and oxygen atoms in total. The van der Waals surface area contributed by atoms with E-state index in [4.69, 9.17) is 21.5 Å². The summed E-state index contributed by atoms with van der Waals surface area (Å²) in [5.74, 6) is -0.0313. The summed E-state index contributed by atoms with van der Waals surface area (Å²) in [5, 5.41) is 2.35. The van der Waals surface area contributed by atoms with Crippen LogP contribution in [-0.4, -0.2) is 35.4 Å². The Bertz CT molecular complexity index is 3570. The second-order valence-electron chi connectivity index (χ2n) is 16.0. The fraction of sp³-hybridized carbons (Fsp3) is 0.0192. The van der Waals surface area contributed by atoms with E-state index in [9.17, 15) is 0 Å². The minimum atomic E-state index is -0.0681. The summed E-state index contributed by atoms with van der Waals surface area (Å²) < 4.78 is 7.54. The summed E-state index contributed by atoms with van der Waals surface area (Å²) >= 11 is 0. The second-order valence-corrected chi connectivity index (χ2v) is 16.0. The summed E-state index contributed by atoms with van der Waals surface area (Å²) in [6.45, 7) is 4.68. The molecule has 0 N–H and O–H groups in total. The average Bonchev–Trinajstić information content (AvgIpc) is 3.99. The first-order valence-corrected chi connectivity index (χ1v) is 20.2. The van der Waals surface area contributed by atoms with Crippen molar-refractivity contribution in [1.82, 2.24) is 28.7 Å². The Morgan fingerprint density at radius 3 is 2.29 bits per heavy atom. The van der Waals surface area contributed by atoms with E-state index in [0.29, 0.717) is 0 Å². The summed E-state index contributed by atoms with van der Waals surface area (Å²) in [4.78, 5) is 15.4. The lowest BCUT2D eigenvalue weighted by Crippen LogP contribution is -2.53. The van der Waals surface area contributed by atoms with Crippen molar-refractivity contribution in [1.29, 1.82) is 0 Å². The Balaban J connectivity index is 1.21. The van der Waals surface area contributed by atoms with Crippen molar-refractivity contribution in [3.8, 4) is 39.6 Å². The first-order valence-electron chi connectivity index (χ1n) is 20.2. The average molecular weight is 751 g/mol. The van der Waals surface area contributed by atoms with Crippen molar-refractivity contribution in [2.45, 2.75) is 5.92 Å². The van der Waals surface area contributed by atoms with Gasteiger partial charge in [0.25, 0.3) is 6.71 Å². The van der Waals surface area contributed by atoms with Gasteiger partial charge in [-0.3, -0.25) is 24.1 Å². The van der Waals surface area contributed by atoms with E-state index in [0.717, 1.165) is 72.7 Å². The number of para-hydroxylation sites is 2. The highest BCUT2D eigenvalue weighted by Crippen LogP contribution is 2.56. The molecule has 7 heteroatoms. The van der Waals surface area contributed by atoms with Gasteiger partial charge in [-0.15, -0.1) is 0 Å². The van der Waals surface area contributed by atoms with Crippen LogP contribution in [0.2, 0.25) is 0 Å². The van der Waals surface area contributed by atoms with Gasteiger partial charge in [-0.1, -0.05) is 104 Å². The van der Waals surface area contributed by atoms with E-state index >= 15 is 0 Å². The largest absolute Gasteiger partial charge is 0.313 e. The van der Waals surface area contributed by atoms with Crippen molar-refractivity contribution < 1.29 is 0 Å². The molecule has 8 heterocycles. The van der Waals surface area contributed by atoms with E-state index in [1.165, 1.54) is 49.9 Å². The molecular weight excluding hydrogens is 719 g/mol. The fourth-order valence-electron chi connectivity index (χ4n) is 11.0. The van der Waals surface area contributed by atoms with Crippen LogP contribution in [0.25, 0.3) is 83.6 Å².